The van der Waals surface area contributed by atoms with Crippen molar-refractivity contribution in [2.45, 2.75) is 6.92 Å². The number of nitrogens with zero attached hydrogens (tertiary/aromatic N) is 1. The summed E-state index contributed by atoms with van der Waals surface area (Å²) in [4.78, 5) is 38.5. The zero-order chi connectivity index (χ0) is 22.4. The molecule has 0 unspecified atom stereocenters. The number of ether oxygens (including phenoxy) is 1. The van der Waals surface area contributed by atoms with Gasteiger partial charge in [-0.1, -0.05) is 42.0 Å². The molecule has 0 bridgehead atoms. The summed E-state index contributed by atoms with van der Waals surface area (Å²) in [5.41, 5.74) is 2.15. The number of para-hydroxylation sites is 1. The summed E-state index contributed by atoms with van der Waals surface area (Å²) in [5, 5.41) is 5.28. The summed E-state index contributed by atoms with van der Waals surface area (Å²) < 4.78 is 5.65. The molecule has 1 fully saturated rings. The van der Waals surface area contributed by atoms with Crippen molar-refractivity contribution in [2.24, 2.45) is 0 Å². The maximum atomic E-state index is 12.7. The van der Waals surface area contributed by atoms with E-state index in [1.165, 1.54) is 17.1 Å². The van der Waals surface area contributed by atoms with Gasteiger partial charge in [0.15, 0.2) is 11.7 Å². The van der Waals surface area contributed by atoms with Crippen LogP contribution in [-0.4, -0.2) is 40.9 Å². The number of hydrogen-bond acceptors (Lipinski definition) is 5. The Morgan fingerprint density at radius 3 is 2.61 bits per heavy atom. The van der Waals surface area contributed by atoms with Gasteiger partial charge in [-0.2, -0.15) is 0 Å². The molecule has 0 saturated carbocycles. The SMILES string of the molecule is C=CCN1C(=O)/C(=C/c2ccccc2OCC(=O)Nc2ccc(C)cc2)C(=O)NC1=S. The second kappa shape index (κ2) is 9.82. The predicted molar refractivity (Wildman–Crippen MR) is 122 cm³/mol. The first-order valence-electron chi connectivity index (χ1n) is 9.47. The molecule has 3 rings (SSSR count). The number of carbonyl (C=O) groups excluding carboxylic acids is 3. The summed E-state index contributed by atoms with van der Waals surface area (Å²) in [6.07, 6.45) is 2.94. The van der Waals surface area contributed by atoms with Crippen molar-refractivity contribution in [3.63, 3.8) is 0 Å². The maximum Gasteiger partial charge on any atom is 0.265 e. The van der Waals surface area contributed by atoms with Crippen LogP contribution in [0.25, 0.3) is 6.08 Å². The lowest BCUT2D eigenvalue weighted by molar-refractivity contribution is -0.128. The quantitative estimate of drug-likeness (QED) is 0.302. The fourth-order valence-corrected chi connectivity index (χ4v) is 3.10. The Kier molecular flexibility index (Phi) is 6.94. The van der Waals surface area contributed by atoms with E-state index in [0.717, 1.165) is 5.56 Å². The van der Waals surface area contributed by atoms with E-state index in [1.54, 1.807) is 36.4 Å². The predicted octanol–water partition coefficient (Wildman–Crippen LogP) is 2.83. The van der Waals surface area contributed by atoms with Crippen LogP contribution in [0, 0.1) is 6.92 Å². The Labute approximate surface area is 185 Å². The van der Waals surface area contributed by atoms with Gasteiger partial charge in [-0.05, 0) is 43.4 Å². The van der Waals surface area contributed by atoms with E-state index < -0.39 is 11.8 Å². The number of carbonyl (C=O) groups is 3. The Morgan fingerprint density at radius 2 is 1.90 bits per heavy atom. The van der Waals surface area contributed by atoms with Gasteiger partial charge >= 0.3 is 0 Å². The van der Waals surface area contributed by atoms with Gasteiger partial charge in [-0.3, -0.25) is 24.6 Å². The van der Waals surface area contributed by atoms with E-state index in [-0.39, 0.29) is 29.7 Å². The van der Waals surface area contributed by atoms with Crippen LogP contribution in [0.3, 0.4) is 0 Å². The molecule has 31 heavy (non-hydrogen) atoms. The first-order chi connectivity index (χ1) is 14.9. The molecule has 1 saturated heterocycles. The van der Waals surface area contributed by atoms with Crippen molar-refractivity contribution in [3.05, 3.63) is 77.9 Å². The molecule has 1 aliphatic heterocycles. The van der Waals surface area contributed by atoms with Gasteiger partial charge in [0.25, 0.3) is 17.7 Å². The number of aryl methyl sites for hydroxylation is 1. The van der Waals surface area contributed by atoms with Crippen LogP contribution in [0.5, 0.6) is 5.75 Å². The second-order valence-electron chi connectivity index (χ2n) is 6.76. The van der Waals surface area contributed by atoms with Crippen LogP contribution in [0.2, 0.25) is 0 Å². The normalized spacial score (nSPS) is 14.9. The lowest BCUT2D eigenvalue weighted by Gasteiger charge is -2.27. The minimum Gasteiger partial charge on any atom is -0.483 e. The van der Waals surface area contributed by atoms with E-state index in [2.05, 4.69) is 17.2 Å². The molecule has 1 aliphatic rings. The second-order valence-corrected chi connectivity index (χ2v) is 7.15. The van der Waals surface area contributed by atoms with Crippen LogP contribution in [-0.2, 0) is 14.4 Å². The molecular weight excluding hydrogens is 414 g/mol. The zero-order valence-corrected chi connectivity index (χ0v) is 17.7. The Morgan fingerprint density at radius 1 is 1.19 bits per heavy atom. The number of benzene rings is 2. The Bertz CT molecular complexity index is 1080. The number of amides is 3. The van der Waals surface area contributed by atoms with Crippen molar-refractivity contribution in [1.29, 1.82) is 0 Å². The summed E-state index contributed by atoms with van der Waals surface area (Å²) in [6.45, 7) is 5.50. The molecular formula is C23H21N3O4S. The van der Waals surface area contributed by atoms with E-state index in [0.29, 0.717) is 17.0 Å². The summed E-state index contributed by atoms with van der Waals surface area (Å²) in [7, 11) is 0. The van der Waals surface area contributed by atoms with Crippen molar-refractivity contribution in [3.8, 4) is 5.75 Å². The average Bonchev–Trinajstić information content (AvgIpc) is 2.75. The molecule has 2 aromatic carbocycles. The fraction of sp³-hybridized carbons (Fsp3) is 0.130. The third kappa shape index (κ3) is 5.43. The lowest BCUT2D eigenvalue weighted by atomic mass is 10.1. The Hall–Kier alpha value is -3.78. The number of nitrogens with one attached hydrogen (secondary N) is 2. The van der Waals surface area contributed by atoms with Crippen molar-refractivity contribution < 1.29 is 19.1 Å². The van der Waals surface area contributed by atoms with Gasteiger partial charge in [-0.25, -0.2) is 0 Å². The topological polar surface area (TPSA) is 87.7 Å². The lowest BCUT2D eigenvalue weighted by Crippen LogP contribution is -2.53. The molecule has 3 amide bonds. The van der Waals surface area contributed by atoms with Crippen LogP contribution in [0.1, 0.15) is 11.1 Å². The fourth-order valence-electron chi connectivity index (χ4n) is 2.85. The van der Waals surface area contributed by atoms with Gasteiger partial charge < -0.3 is 10.1 Å². The molecule has 0 spiro atoms. The molecule has 7 nitrogen and oxygen atoms in total. The van der Waals surface area contributed by atoms with E-state index in [9.17, 15) is 14.4 Å². The first kappa shape index (κ1) is 21.9. The van der Waals surface area contributed by atoms with Gasteiger partial charge in [0.05, 0.1) is 0 Å². The molecule has 0 atom stereocenters. The largest absolute Gasteiger partial charge is 0.483 e. The standard InChI is InChI=1S/C23H21N3O4S/c1-3-12-26-22(29)18(21(28)25-23(26)31)13-16-6-4-5-7-19(16)30-14-20(27)24-17-10-8-15(2)9-11-17/h3-11,13H,1,12,14H2,2H3,(H,24,27)(H,25,28,31)/b18-13+. The highest BCUT2D eigenvalue weighted by molar-refractivity contribution is 7.80. The zero-order valence-electron chi connectivity index (χ0n) is 16.9. The average molecular weight is 436 g/mol. The minimum atomic E-state index is -0.595. The van der Waals surface area contributed by atoms with Crippen LogP contribution in [0.4, 0.5) is 5.69 Å². The van der Waals surface area contributed by atoms with E-state index in [1.807, 2.05) is 19.1 Å². The molecule has 0 radical (unpaired) electrons. The Balaban J connectivity index is 1.75. The monoisotopic (exact) mass is 435 g/mol. The van der Waals surface area contributed by atoms with Gasteiger partial charge in [0, 0.05) is 17.8 Å². The van der Waals surface area contributed by atoms with Crippen molar-refractivity contribution >= 4 is 46.8 Å². The number of rotatable bonds is 7. The van der Waals surface area contributed by atoms with Crippen LogP contribution >= 0.6 is 12.2 Å². The smallest absolute Gasteiger partial charge is 0.265 e. The first-order valence-corrected chi connectivity index (χ1v) is 9.88. The summed E-state index contributed by atoms with van der Waals surface area (Å²) >= 11 is 5.05. The third-order valence-corrected chi connectivity index (χ3v) is 4.73. The van der Waals surface area contributed by atoms with Crippen LogP contribution < -0.4 is 15.4 Å². The van der Waals surface area contributed by atoms with Crippen molar-refractivity contribution in [2.75, 3.05) is 18.5 Å². The molecule has 0 aromatic heterocycles. The minimum absolute atomic E-state index is 0.0318. The van der Waals surface area contributed by atoms with Gasteiger partial charge in [-0.15, -0.1) is 6.58 Å². The highest BCUT2D eigenvalue weighted by atomic mass is 32.1. The van der Waals surface area contributed by atoms with Gasteiger partial charge in [0.2, 0.25) is 0 Å². The highest BCUT2D eigenvalue weighted by Crippen LogP contribution is 2.23. The molecule has 158 valence electrons. The number of thiocarbonyl (C=S) groups is 1. The molecule has 2 aromatic rings. The highest BCUT2D eigenvalue weighted by Gasteiger charge is 2.32. The summed E-state index contributed by atoms with van der Waals surface area (Å²) in [5.74, 6) is -1.10. The van der Waals surface area contributed by atoms with E-state index in [4.69, 9.17) is 17.0 Å². The molecule has 0 aliphatic carbocycles. The van der Waals surface area contributed by atoms with E-state index >= 15 is 0 Å². The molecule has 8 heteroatoms. The molecule has 2 N–H and O–H groups in total. The number of anilines is 1. The number of hydrogen-bond donors (Lipinski definition) is 2. The van der Waals surface area contributed by atoms with Crippen molar-refractivity contribution in [1.82, 2.24) is 10.2 Å². The van der Waals surface area contributed by atoms with Crippen LogP contribution in [0.15, 0.2) is 66.8 Å². The summed E-state index contributed by atoms with van der Waals surface area (Å²) in [6, 6.07) is 14.2. The van der Waals surface area contributed by atoms with Gasteiger partial charge in [0.1, 0.15) is 11.3 Å². The maximum absolute atomic E-state index is 12.7. The molecule has 1 heterocycles. The third-order valence-electron chi connectivity index (χ3n) is 4.41.